The lowest BCUT2D eigenvalue weighted by molar-refractivity contribution is -0.125. The van der Waals surface area contributed by atoms with Gasteiger partial charge in [-0.15, -0.1) is 11.3 Å². The highest BCUT2D eigenvalue weighted by Gasteiger charge is 2.40. The Morgan fingerprint density at radius 1 is 1.45 bits per heavy atom. The van der Waals surface area contributed by atoms with E-state index < -0.39 is 0 Å². The average Bonchev–Trinajstić information content (AvgIpc) is 3.04. The molecule has 0 aliphatic carbocycles. The average molecular weight is 291 g/mol. The Labute approximate surface area is 121 Å². The summed E-state index contributed by atoms with van der Waals surface area (Å²) in [5, 5.41) is 7.59. The molecular formula is C14H17N3O2S. The first-order chi connectivity index (χ1) is 9.70. The summed E-state index contributed by atoms with van der Waals surface area (Å²) in [7, 11) is 0. The van der Waals surface area contributed by atoms with Gasteiger partial charge in [0, 0.05) is 11.4 Å². The van der Waals surface area contributed by atoms with Crippen LogP contribution in [0.1, 0.15) is 30.7 Å². The standard InChI is InChI=1S/C14H17N3O2S/c1-2-3-6-17-8-9-11(13(17)18)12(16-14(19)15-9)10-5-4-7-20-10/h4-5,7,12H,2-3,6,8H2,1H3,(H2,15,16,19). The molecule has 3 amide bonds. The number of thiophene rings is 1. The van der Waals surface area contributed by atoms with Gasteiger partial charge in [0.25, 0.3) is 5.91 Å². The van der Waals surface area contributed by atoms with Gasteiger partial charge >= 0.3 is 6.03 Å². The molecule has 0 radical (unpaired) electrons. The van der Waals surface area contributed by atoms with E-state index in [0.717, 1.165) is 30.0 Å². The molecule has 2 aliphatic rings. The Morgan fingerprint density at radius 2 is 2.30 bits per heavy atom. The Balaban J connectivity index is 1.88. The number of hydrogen-bond acceptors (Lipinski definition) is 3. The molecule has 6 heteroatoms. The zero-order chi connectivity index (χ0) is 14.1. The van der Waals surface area contributed by atoms with Gasteiger partial charge in [-0.1, -0.05) is 19.4 Å². The van der Waals surface area contributed by atoms with Gasteiger partial charge in [-0.3, -0.25) is 4.79 Å². The molecule has 1 unspecified atom stereocenters. The van der Waals surface area contributed by atoms with Crippen LogP contribution in [0.5, 0.6) is 0 Å². The van der Waals surface area contributed by atoms with E-state index in [1.807, 2.05) is 22.4 Å². The molecule has 2 aliphatic heterocycles. The zero-order valence-corrected chi connectivity index (χ0v) is 12.1. The molecule has 0 spiro atoms. The highest BCUT2D eigenvalue weighted by Crippen LogP contribution is 2.34. The molecule has 0 aromatic carbocycles. The Bertz CT molecular complexity index is 565. The minimum Gasteiger partial charge on any atom is -0.333 e. The Kier molecular flexibility index (Phi) is 3.48. The lowest BCUT2D eigenvalue weighted by atomic mass is 10.0. The first-order valence-electron chi connectivity index (χ1n) is 6.84. The fourth-order valence-electron chi connectivity index (χ4n) is 2.63. The number of carbonyl (C=O) groups is 2. The van der Waals surface area contributed by atoms with E-state index >= 15 is 0 Å². The summed E-state index contributed by atoms with van der Waals surface area (Å²) in [6, 6.07) is 3.35. The topological polar surface area (TPSA) is 61.4 Å². The summed E-state index contributed by atoms with van der Waals surface area (Å²) in [5.74, 6) is 0.0411. The van der Waals surface area contributed by atoms with Gasteiger partial charge in [-0.05, 0) is 17.9 Å². The Hall–Kier alpha value is -1.82. The van der Waals surface area contributed by atoms with Crippen molar-refractivity contribution in [3.05, 3.63) is 33.7 Å². The predicted octanol–water partition coefficient (Wildman–Crippen LogP) is 2.00. The van der Waals surface area contributed by atoms with Crippen molar-refractivity contribution >= 4 is 23.3 Å². The van der Waals surface area contributed by atoms with E-state index in [2.05, 4.69) is 17.6 Å². The molecule has 0 bridgehead atoms. The SMILES string of the molecule is CCCCN1CC2=C(C1=O)C(c1cccs1)NC(=O)N2. The third kappa shape index (κ3) is 2.20. The van der Waals surface area contributed by atoms with E-state index in [1.165, 1.54) is 0 Å². The molecule has 3 rings (SSSR count). The molecule has 0 saturated heterocycles. The number of urea groups is 1. The highest BCUT2D eigenvalue weighted by atomic mass is 32.1. The van der Waals surface area contributed by atoms with E-state index in [0.29, 0.717) is 12.1 Å². The molecular weight excluding hydrogens is 274 g/mol. The minimum atomic E-state index is -0.308. The van der Waals surface area contributed by atoms with Crippen LogP contribution in [-0.4, -0.2) is 29.9 Å². The molecule has 0 saturated carbocycles. The molecule has 5 nitrogen and oxygen atoms in total. The predicted molar refractivity (Wildman–Crippen MR) is 77.2 cm³/mol. The third-order valence-electron chi connectivity index (χ3n) is 3.63. The van der Waals surface area contributed by atoms with Crippen molar-refractivity contribution in [1.29, 1.82) is 0 Å². The lowest BCUT2D eigenvalue weighted by Gasteiger charge is -2.24. The van der Waals surface area contributed by atoms with Gasteiger partial charge < -0.3 is 15.5 Å². The molecule has 1 aromatic rings. The molecule has 1 aromatic heterocycles. The fraction of sp³-hybridized carbons (Fsp3) is 0.429. The Morgan fingerprint density at radius 3 is 3.00 bits per heavy atom. The molecule has 0 fully saturated rings. The molecule has 20 heavy (non-hydrogen) atoms. The van der Waals surface area contributed by atoms with Crippen LogP contribution >= 0.6 is 11.3 Å². The largest absolute Gasteiger partial charge is 0.333 e. The fourth-order valence-corrected chi connectivity index (χ4v) is 3.41. The number of rotatable bonds is 4. The van der Waals surface area contributed by atoms with E-state index in [4.69, 9.17) is 0 Å². The summed E-state index contributed by atoms with van der Waals surface area (Å²) < 4.78 is 0. The van der Waals surface area contributed by atoms with Gasteiger partial charge in [0.2, 0.25) is 0 Å². The maximum Gasteiger partial charge on any atom is 0.319 e. The van der Waals surface area contributed by atoms with Crippen molar-refractivity contribution in [2.24, 2.45) is 0 Å². The van der Waals surface area contributed by atoms with Gasteiger partial charge in [0.15, 0.2) is 0 Å². The molecule has 2 N–H and O–H groups in total. The maximum absolute atomic E-state index is 12.5. The van der Waals surface area contributed by atoms with Gasteiger partial charge in [0.1, 0.15) is 0 Å². The van der Waals surface area contributed by atoms with E-state index in [-0.39, 0.29) is 18.0 Å². The number of carbonyl (C=O) groups excluding carboxylic acids is 2. The van der Waals surface area contributed by atoms with Crippen molar-refractivity contribution in [2.75, 3.05) is 13.1 Å². The van der Waals surface area contributed by atoms with Crippen LogP contribution in [0.25, 0.3) is 0 Å². The van der Waals surface area contributed by atoms with Gasteiger partial charge in [0.05, 0.1) is 23.9 Å². The van der Waals surface area contributed by atoms with Crippen LogP contribution in [-0.2, 0) is 4.79 Å². The van der Waals surface area contributed by atoms with E-state index in [1.54, 1.807) is 11.3 Å². The second kappa shape index (κ2) is 5.28. The number of nitrogens with one attached hydrogen (secondary N) is 2. The highest BCUT2D eigenvalue weighted by molar-refractivity contribution is 7.10. The van der Waals surface area contributed by atoms with Crippen molar-refractivity contribution in [3.8, 4) is 0 Å². The molecule has 106 valence electrons. The van der Waals surface area contributed by atoms with Crippen molar-refractivity contribution in [3.63, 3.8) is 0 Å². The summed E-state index contributed by atoms with van der Waals surface area (Å²) >= 11 is 1.55. The van der Waals surface area contributed by atoms with Crippen LogP contribution in [0.4, 0.5) is 4.79 Å². The maximum atomic E-state index is 12.5. The van der Waals surface area contributed by atoms with Crippen LogP contribution in [0.3, 0.4) is 0 Å². The van der Waals surface area contributed by atoms with Gasteiger partial charge in [-0.2, -0.15) is 0 Å². The lowest BCUT2D eigenvalue weighted by Crippen LogP contribution is -2.44. The summed E-state index contributed by atoms with van der Waals surface area (Å²) in [4.78, 5) is 27.1. The monoisotopic (exact) mass is 291 g/mol. The number of unbranched alkanes of at least 4 members (excludes halogenated alkanes) is 1. The second-order valence-electron chi connectivity index (χ2n) is 5.02. The first-order valence-corrected chi connectivity index (χ1v) is 7.72. The summed E-state index contributed by atoms with van der Waals surface area (Å²) in [6.07, 6.45) is 2.03. The third-order valence-corrected chi connectivity index (χ3v) is 4.57. The zero-order valence-electron chi connectivity index (χ0n) is 11.3. The van der Waals surface area contributed by atoms with Crippen molar-refractivity contribution in [2.45, 2.75) is 25.8 Å². The van der Waals surface area contributed by atoms with E-state index in [9.17, 15) is 9.59 Å². The number of nitrogens with zero attached hydrogens (tertiary/aromatic N) is 1. The first kappa shape index (κ1) is 13.2. The number of amides is 3. The van der Waals surface area contributed by atoms with Crippen LogP contribution in [0.15, 0.2) is 28.8 Å². The molecule has 3 heterocycles. The summed E-state index contributed by atoms with van der Waals surface area (Å²) in [5.41, 5.74) is 1.46. The van der Waals surface area contributed by atoms with Crippen molar-refractivity contribution < 1.29 is 9.59 Å². The minimum absolute atomic E-state index is 0.0411. The van der Waals surface area contributed by atoms with Crippen LogP contribution < -0.4 is 10.6 Å². The molecule has 1 atom stereocenters. The van der Waals surface area contributed by atoms with Crippen LogP contribution in [0, 0.1) is 0 Å². The smallest absolute Gasteiger partial charge is 0.319 e. The van der Waals surface area contributed by atoms with Crippen molar-refractivity contribution in [1.82, 2.24) is 15.5 Å². The normalized spacial score (nSPS) is 21.9. The quantitative estimate of drug-likeness (QED) is 0.891. The van der Waals surface area contributed by atoms with Crippen LogP contribution in [0.2, 0.25) is 0 Å². The summed E-state index contributed by atoms with van der Waals surface area (Å²) in [6.45, 7) is 3.37. The number of hydrogen-bond donors (Lipinski definition) is 2. The second-order valence-corrected chi connectivity index (χ2v) is 6.00. The van der Waals surface area contributed by atoms with Gasteiger partial charge in [-0.25, -0.2) is 4.79 Å².